The minimum absolute atomic E-state index is 0.0306. The maximum absolute atomic E-state index is 5.36. The molecular weight excluding hydrogens is 368 g/mol. The Morgan fingerprint density at radius 3 is 2.68 bits per heavy atom. The van der Waals surface area contributed by atoms with E-state index in [1.54, 1.807) is 7.11 Å². The molecule has 0 amide bonds. The van der Waals surface area contributed by atoms with Crippen LogP contribution >= 0.6 is 11.7 Å². The number of benzene rings is 1. The summed E-state index contributed by atoms with van der Waals surface area (Å²) in [6.07, 6.45) is 12.2. The van der Waals surface area contributed by atoms with Gasteiger partial charge in [0.05, 0.1) is 18.8 Å². The normalized spacial score (nSPS) is 22.2. The molecule has 5 rings (SSSR count). The van der Waals surface area contributed by atoms with Crippen LogP contribution < -0.4 is 4.74 Å². The number of nitrogens with one attached hydrogen (secondary N) is 1. The van der Waals surface area contributed by atoms with Crippen LogP contribution in [0.5, 0.6) is 5.88 Å². The molecule has 2 aliphatic rings. The molecule has 2 aromatic heterocycles. The van der Waals surface area contributed by atoms with Gasteiger partial charge in [-0.2, -0.15) is 9.47 Å². The molecule has 1 aromatic carbocycles. The molecule has 0 saturated heterocycles. The molecule has 0 radical (unpaired) electrons. The molecule has 1 atom stereocenters. The lowest BCUT2D eigenvalue weighted by atomic mass is 9.61. The van der Waals surface area contributed by atoms with Crippen LogP contribution in [0.25, 0.3) is 17.5 Å². The molecule has 2 heterocycles. The van der Waals surface area contributed by atoms with Gasteiger partial charge in [-0.25, -0.2) is 0 Å². The van der Waals surface area contributed by atoms with Crippen molar-refractivity contribution in [3.05, 3.63) is 53.2 Å². The zero-order valence-corrected chi connectivity index (χ0v) is 16.8. The predicted octanol–water partition coefficient (Wildman–Crippen LogP) is 5.02. The number of hydrogen-bond donors (Lipinski definition) is 1. The monoisotopic (exact) mass is 392 g/mol. The number of methoxy groups -OCH3 is 1. The van der Waals surface area contributed by atoms with E-state index >= 15 is 0 Å². The van der Waals surface area contributed by atoms with Gasteiger partial charge in [-0.15, -0.1) is 4.37 Å². The molecule has 5 nitrogen and oxygen atoms in total. The lowest BCUT2D eigenvalue weighted by molar-refractivity contribution is 0.241. The van der Waals surface area contributed by atoms with Gasteiger partial charge in [-0.1, -0.05) is 61.7 Å². The second-order valence-electron chi connectivity index (χ2n) is 7.84. The third-order valence-corrected chi connectivity index (χ3v) is 6.93. The lowest BCUT2D eigenvalue weighted by Gasteiger charge is -2.43. The zero-order chi connectivity index (χ0) is 19.0. The van der Waals surface area contributed by atoms with Crippen LogP contribution in [0.2, 0.25) is 0 Å². The topological polar surface area (TPSA) is 63.7 Å². The number of fused-ring (bicyclic) bond motifs is 1. The third-order valence-electron chi connectivity index (χ3n) is 6.42. The number of hydrogen-bond acceptors (Lipinski definition) is 5. The molecule has 144 valence electrons. The summed E-state index contributed by atoms with van der Waals surface area (Å²) in [5.74, 6) is 1.20. The van der Waals surface area contributed by atoms with Crippen molar-refractivity contribution < 1.29 is 4.74 Å². The van der Waals surface area contributed by atoms with Crippen molar-refractivity contribution in [3.63, 3.8) is 0 Å². The fraction of sp³-hybridized carbons (Fsp3) is 0.409. The summed E-state index contributed by atoms with van der Waals surface area (Å²) < 4.78 is 14.0. The maximum Gasteiger partial charge on any atom is 0.255 e. The highest BCUT2D eigenvalue weighted by Crippen LogP contribution is 2.48. The Morgan fingerprint density at radius 1 is 1.07 bits per heavy atom. The Balaban J connectivity index is 1.58. The SMILES string of the molecule is COc1nsnc1-c1n[nH]c2c1C=CC(c1ccccc1)(C1CCCCC1)C2. The molecule has 0 bridgehead atoms. The van der Waals surface area contributed by atoms with E-state index in [0.717, 1.165) is 35.1 Å². The van der Waals surface area contributed by atoms with Crippen molar-refractivity contribution in [3.8, 4) is 17.3 Å². The van der Waals surface area contributed by atoms with Crippen LogP contribution in [-0.4, -0.2) is 26.1 Å². The standard InChI is InChI=1S/C22H24N4OS/c1-27-21-20(25-28-26-21)19-17-12-13-22(14-18(17)23-24-19,15-8-4-2-5-9-15)16-10-6-3-7-11-16/h2,4-5,8-9,12-13,16H,3,6-7,10-11,14H2,1H3,(H,23,24). The Bertz CT molecular complexity index is 987. The summed E-state index contributed by atoms with van der Waals surface area (Å²) in [5, 5.41) is 7.91. The first-order chi connectivity index (χ1) is 13.8. The summed E-state index contributed by atoms with van der Waals surface area (Å²) in [5.41, 5.74) is 5.30. The average molecular weight is 393 g/mol. The number of aromatic nitrogens is 4. The zero-order valence-electron chi connectivity index (χ0n) is 16.0. The molecule has 28 heavy (non-hydrogen) atoms. The third kappa shape index (κ3) is 2.78. The summed E-state index contributed by atoms with van der Waals surface area (Å²) in [7, 11) is 1.62. The van der Waals surface area contributed by atoms with Gasteiger partial charge < -0.3 is 4.74 Å². The van der Waals surface area contributed by atoms with Crippen LogP contribution in [0.1, 0.15) is 48.9 Å². The van der Waals surface area contributed by atoms with Crippen molar-refractivity contribution in [1.29, 1.82) is 0 Å². The molecule has 1 N–H and O–H groups in total. The quantitative estimate of drug-likeness (QED) is 0.677. The van der Waals surface area contributed by atoms with Gasteiger partial charge in [-0.3, -0.25) is 5.10 Å². The Kier molecular flexibility index (Phi) is 4.51. The van der Waals surface area contributed by atoms with Crippen LogP contribution in [-0.2, 0) is 11.8 Å². The number of nitrogens with zero attached hydrogens (tertiary/aromatic N) is 3. The highest BCUT2D eigenvalue weighted by atomic mass is 32.1. The van der Waals surface area contributed by atoms with E-state index in [1.807, 2.05) is 0 Å². The van der Waals surface area contributed by atoms with E-state index in [2.05, 4.69) is 61.4 Å². The summed E-state index contributed by atoms with van der Waals surface area (Å²) in [4.78, 5) is 0. The second-order valence-corrected chi connectivity index (χ2v) is 8.37. The van der Waals surface area contributed by atoms with Crippen LogP contribution in [0.15, 0.2) is 36.4 Å². The van der Waals surface area contributed by atoms with Crippen LogP contribution in [0.3, 0.4) is 0 Å². The van der Waals surface area contributed by atoms with E-state index in [-0.39, 0.29) is 5.41 Å². The first-order valence-electron chi connectivity index (χ1n) is 10.0. The largest absolute Gasteiger partial charge is 0.479 e. The molecule has 2 aliphatic carbocycles. The lowest BCUT2D eigenvalue weighted by Crippen LogP contribution is -2.38. The molecule has 6 heteroatoms. The molecule has 3 aromatic rings. The Morgan fingerprint density at radius 2 is 1.89 bits per heavy atom. The first kappa shape index (κ1) is 17.6. The highest BCUT2D eigenvalue weighted by Gasteiger charge is 2.42. The Labute approximate surface area is 169 Å². The van der Waals surface area contributed by atoms with E-state index in [9.17, 15) is 0 Å². The van der Waals surface area contributed by atoms with Gasteiger partial charge in [0.25, 0.3) is 5.88 Å². The second kappa shape index (κ2) is 7.17. The highest BCUT2D eigenvalue weighted by molar-refractivity contribution is 6.99. The van der Waals surface area contributed by atoms with E-state index in [1.165, 1.54) is 43.4 Å². The minimum atomic E-state index is 0.0306. The van der Waals surface area contributed by atoms with Crippen molar-refractivity contribution >= 4 is 17.8 Å². The van der Waals surface area contributed by atoms with Gasteiger partial charge in [0.15, 0.2) is 5.69 Å². The summed E-state index contributed by atoms with van der Waals surface area (Å²) in [6.45, 7) is 0. The van der Waals surface area contributed by atoms with Gasteiger partial charge in [0.1, 0.15) is 5.69 Å². The minimum Gasteiger partial charge on any atom is -0.479 e. The van der Waals surface area contributed by atoms with Gasteiger partial charge in [-0.05, 0) is 24.3 Å². The van der Waals surface area contributed by atoms with Gasteiger partial charge >= 0.3 is 0 Å². The van der Waals surface area contributed by atoms with Crippen molar-refractivity contribution in [2.45, 2.75) is 43.9 Å². The number of ether oxygens (including phenoxy) is 1. The fourth-order valence-corrected chi connectivity index (χ4v) is 5.53. The fourth-order valence-electron chi connectivity index (χ4n) is 5.00. The van der Waals surface area contributed by atoms with Crippen LogP contribution in [0.4, 0.5) is 0 Å². The molecule has 1 unspecified atom stereocenters. The van der Waals surface area contributed by atoms with Gasteiger partial charge in [0.2, 0.25) is 0 Å². The summed E-state index contributed by atoms with van der Waals surface area (Å²) in [6, 6.07) is 11.0. The smallest absolute Gasteiger partial charge is 0.255 e. The van der Waals surface area contributed by atoms with Crippen molar-refractivity contribution in [1.82, 2.24) is 18.9 Å². The van der Waals surface area contributed by atoms with Gasteiger partial charge in [0, 0.05) is 23.1 Å². The molecule has 1 saturated carbocycles. The number of rotatable bonds is 4. The average Bonchev–Trinajstić information content (AvgIpc) is 3.40. The molecular formula is C22H24N4OS. The van der Waals surface area contributed by atoms with E-state index in [4.69, 9.17) is 4.74 Å². The van der Waals surface area contributed by atoms with Crippen molar-refractivity contribution in [2.24, 2.45) is 5.92 Å². The molecule has 1 fully saturated rings. The predicted molar refractivity (Wildman–Crippen MR) is 111 cm³/mol. The number of allylic oxidation sites excluding steroid dienone is 1. The van der Waals surface area contributed by atoms with E-state index < -0.39 is 0 Å². The molecule has 0 aliphatic heterocycles. The number of aromatic amines is 1. The first-order valence-corrected chi connectivity index (χ1v) is 10.7. The van der Waals surface area contributed by atoms with Crippen molar-refractivity contribution in [2.75, 3.05) is 7.11 Å². The Hall–Kier alpha value is -2.47. The molecule has 0 spiro atoms. The number of H-pyrrole nitrogens is 1. The van der Waals surface area contributed by atoms with E-state index in [0.29, 0.717) is 11.8 Å². The maximum atomic E-state index is 5.36. The van der Waals surface area contributed by atoms with Crippen LogP contribution in [0, 0.1) is 5.92 Å². The summed E-state index contributed by atoms with van der Waals surface area (Å²) >= 11 is 1.16.